The summed E-state index contributed by atoms with van der Waals surface area (Å²) in [4.78, 5) is 4.37. The standard InChI is InChI=1S/C20H18FN5O2S/c1-3-26-18(15-6-4-5-7-16(15)27-2)23-24-20(26)29-12-17-22-19(28-25-17)13-8-10-14(21)11-9-13/h4-11H,3,12H2,1-2H3. The van der Waals surface area contributed by atoms with Gasteiger partial charge in [0.25, 0.3) is 5.89 Å². The maximum Gasteiger partial charge on any atom is 0.257 e. The van der Waals surface area contributed by atoms with E-state index in [1.54, 1.807) is 19.2 Å². The Morgan fingerprint density at radius 1 is 1.10 bits per heavy atom. The largest absolute Gasteiger partial charge is 0.496 e. The minimum atomic E-state index is -0.311. The van der Waals surface area contributed by atoms with Crippen molar-refractivity contribution in [1.29, 1.82) is 0 Å². The van der Waals surface area contributed by atoms with Crippen molar-refractivity contribution in [1.82, 2.24) is 24.9 Å². The van der Waals surface area contributed by atoms with Crippen LogP contribution in [0.3, 0.4) is 0 Å². The van der Waals surface area contributed by atoms with Gasteiger partial charge in [-0.2, -0.15) is 4.98 Å². The minimum absolute atomic E-state index is 0.311. The van der Waals surface area contributed by atoms with Crippen LogP contribution in [0, 0.1) is 5.82 Å². The normalized spacial score (nSPS) is 11.0. The van der Waals surface area contributed by atoms with Crippen molar-refractivity contribution >= 4 is 11.8 Å². The summed E-state index contributed by atoms with van der Waals surface area (Å²) in [7, 11) is 1.64. The fraction of sp³-hybridized carbons (Fsp3) is 0.200. The van der Waals surface area contributed by atoms with E-state index in [1.807, 2.05) is 35.8 Å². The Morgan fingerprint density at radius 2 is 1.90 bits per heavy atom. The van der Waals surface area contributed by atoms with Crippen LogP contribution in [0.2, 0.25) is 0 Å². The maximum atomic E-state index is 13.1. The summed E-state index contributed by atoms with van der Waals surface area (Å²) >= 11 is 1.47. The van der Waals surface area contributed by atoms with Crippen molar-refractivity contribution in [3.05, 3.63) is 60.2 Å². The molecule has 0 aliphatic heterocycles. The van der Waals surface area contributed by atoms with E-state index in [0.29, 0.717) is 29.6 Å². The summed E-state index contributed by atoms with van der Waals surface area (Å²) in [5.41, 5.74) is 1.56. The van der Waals surface area contributed by atoms with E-state index in [2.05, 4.69) is 20.3 Å². The lowest BCUT2D eigenvalue weighted by molar-refractivity contribution is 0.416. The van der Waals surface area contributed by atoms with Crippen molar-refractivity contribution in [2.75, 3.05) is 7.11 Å². The molecular formula is C20H18FN5O2S. The highest BCUT2D eigenvalue weighted by Crippen LogP contribution is 2.31. The Kier molecular flexibility index (Phi) is 5.57. The van der Waals surface area contributed by atoms with Crippen molar-refractivity contribution in [3.63, 3.8) is 0 Å². The van der Waals surface area contributed by atoms with Gasteiger partial charge in [0.1, 0.15) is 11.6 Å². The Morgan fingerprint density at radius 3 is 2.66 bits per heavy atom. The van der Waals surface area contributed by atoms with Crippen LogP contribution in [0.4, 0.5) is 4.39 Å². The quantitative estimate of drug-likeness (QED) is 0.416. The second kappa shape index (κ2) is 8.44. The number of aromatic nitrogens is 5. The second-order valence-corrected chi connectivity index (χ2v) is 7.00. The SMILES string of the molecule is CCn1c(SCc2noc(-c3ccc(F)cc3)n2)nnc1-c1ccccc1OC. The lowest BCUT2D eigenvalue weighted by atomic mass is 10.2. The third-order valence-electron chi connectivity index (χ3n) is 4.27. The fourth-order valence-corrected chi connectivity index (χ4v) is 3.71. The molecule has 7 nitrogen and oxygen atoms in total. The van der Waals surface area contributed by atoms with Gasteiger partial charge in [-0.1, -0.05) is 29.1 Å². The van der Waals surface area contributed by atoms with Crippen LogP contribution in [0.1, 0.15) is 12.7 Å². The predicted octanol–water partition coefficient (Wildman–Crippen LogP) is 4.46. The molecule has 0 unspecified atom stereocenters. The van der Waals surface area contributed by atoms with Crippen molar-refractivity contribution in [3.8, 4) is 28.6 Å². The highest BCUT2D eigenvalue weighted by atomic mass is 32.2. The smallest absolute Gasteiger partial charge is 0.257 e. The van der Waals surface area contributed by atoms with Gasteiger partial charge in [0.2, 0.25) is 0 Å². The number of halogens is 1. The van der Waals surface area contributed by atoms with E-state index < -0.39 is 0 Å². The molecule has 0 radical (unpaired) electrons. The molecule has 2 aromatic carbocycles. The number of ether oxygens (including phenoxy) is 1. The summed E-state index contributed by atoms with van der Waals surface area (Å²) in [6.45, 7) is 2.74. The maximum absolute atomic E-state index is 13.1. The van der Waals surface area contributed by atoms with Crippen LogP contribution >= 0.6 is 11.8 Å². The molecule has 29 heavy (non-hydrogen) atoms. The number of rotatable bonds is 7. The number of methoxy groups -OCH3 is 1. The van der Waals surface area contributed by atoms with Crippen LogP contribution < -0.4 is 4.74 Å². The molecule has 0 bridgehead atoms. The Balaban J connectivity index is 1.52. The van der Waals surface area contributed by atoms with E-state index in [4.69, 9.17) is 9.26 Å². The molecule has 0 aliphatic carbocycles. The van der Waals surface area contributed by atoms with Crippen LogP contribution in [0.15, 0.2) is 58.2 Å². The van der Waals surface area contributed by atoms with Gasteiger partial charge in [-0.15, -0.1) is 10.2 Å². The molecule has 0 fully saturated rings. The molecule has 0 spiro atoms. The van der Waals surface area contributed by atoms with Gasteiger partial charge < -0.3 is 13.8 Å². The lowest BCUT2D eigenvalue weighted by Gasteiger charge is -2.09. The minimum Gasteiger partial charge on any atom is -0.496 e. The first-order valence-corrected chi connectivity index (χ1v) is 9.96. The van der Waals surface area contributed by atoms with Crippen LogP contribution in [-0.2, 0) is 12.3 Å². The molecule has 9 heteroatoms. The third kappa shape index (κ3) is 4.00. The molecule has 0 saturated carbocycles. The highest BCUT2D eigenvalue weighted by molar-refractivity contribution is 7.98. The number of benzene rings is 2. The van der Waals surface area contributed by atoms with Crippen LogP contribution in [-0.4, -0.2) is 32.0 Å². The predicted molar refractivity (Wildman–Crippen MR) is 107 cm³/mol. The number of hydrogen-bond acceptors (Lipinski definition) is 7. The molecular weight excluding hydrogens is 393 g/mol. The van der Waals surface area contributed by atoms with Gasteiger partial charge in [0.15, 0.2) is 16.8 Å². The van der Waals surface area contributed by atoms with E-state index >= 15 is 0 Å². The van der Waals surface area contributed by atoms with E-state index in [9.17, 15) is 4.39 Å². The lowest BCUT2D eigenvalue weighted by Crippen LogP contribution is -2.01. The van der Waals surface area contributed by atoms with Gasteiger partial charge in [-0.05, 0) is 43.3 Å². The van der Waals surface area contributed by atoms with Gasteiger partial charge in [0.05, 0.1) is 18.4 Å². The number of thioether (sulfide) groups is 1. The van der Waals surface area contributed by atoms with Crippen molar-refractivity contribution < 1.29 is 13.7 Å². The molecule has 0 aliphatic rings. The zero-order valence-corrected chi connectivity index (χ0v) is 16.7. The monoisotopic (exact) mass is 411 g/mol. The Labute approximate surface area is 170 Å². The zero-order valence-electron chi connectivity index (χ0n) is 15.9. The van der Waals surface area contributed by atoms with Crippen molar-refractivity contribution in [2.45, 2.75) is 24.4 Å². The highest BCUT2D eigenvalue weighted by Gasteiger charge is 2.17. The van der Waals surface area contributed by atoms with E-state index in [0.717, 1.165) is 22.3 Å². The average molecular weight is 411 g/mol. The topological polar surface area (TPSA) is 78.9 Å². The van der Waals surface area contributed by atoms with Crippen LogP contribution in [0.25, 0.3) is 22.8 Å². The number of nitrogens with zero attached hydrogens (tertiary/aromatic N) is 5. The molecule has 2 aromatic heterocycles. The second-order valence-electron chi connectivity index (χ2n) is 6.06. The zero-order chi connectivity index (χ0) is 20.2. The molecule has 148 valence electrons. The molecule has 4 rings (SSSR count). The molecule has 0 N–H and O–H groups in total. The Bertz CT molecular complexity index is 1110. The first-order chi connectivity index (χ1) is 14.2. The van der Waals surface area contributed by atoms with Gasteiger partial charge >= 0.3 is 0 Å². The summed E-state index contributed by atoms with van der Waals surface area (Å²) in [6, 6.07) is 13.6. The van der Waals surface area contributed by atoms with E-state index in [1.165, 1.54) is 23.9 Å². The molecule has 0 atom stereocenters. The number of para-hydroxylation sites is 1. The third-order valence-corrected chi connectivity index (χ3v) is 5.23. The average Bonchev–Trinajstić information content (AvgIpc) is 3.39. The molecule has 2 heterocycles. The molecule has 0 amide bonds. The van der Waals surface area contributed by atoms with Crippen LogP contribution in [0.5, 0.6) is 5.75 Å². The van der Waals surface area contributed by atoms with Gasteiger partial charge in [-0.25, -0.2) is 4.39 Å². The molecule has 4 aromatic rings. The Hall–Kier alpha value is -3.20. The van der Waals surface area contributed by atoms with Crippen molar-refractivity contribution in [2.24, 2.45) is 0 Å². The summed E-state index contributed by atoms with van der Waals surface area (Å²) in [6.07, 6.45) is 0. The first-order valence-electron chi connectivity index (χ1n) is 8.97. The summed E-state index contributed by atoms with van der Waals surface area (Å²) < 4.78 is 25.8. The fourth-order valence-electron chi connectivity index (χ4n) is 2.86. The molecule has 0 saturated heterocycles. The van der Waals surface area contributed by atoms with E-state index in [-0.39, 0.29) is 5.82 Å². The number of hydrogen-bond donors (Lipinski definition) is 0. The van der Waals surface area contributed by atoms with Gasteiger partial charge in [0, 0.05) is 12.1 Å². The summed E-state index contributed by atoms with van der Waals surface area (Å²) in [5.74, 6) is 2.52. The van der Waals surface area contributed by atoms with Gasteiger partial charge in [-0.3, -0.25) is 0 Å². The summed E-state index contributed by atoms with van der Waals surface area (Å²) in [5, 5.41) is 13.4. The first kappa shape index (κ1) is 19.1.